The molecule has 0 aliphatic carbocycles. The van der Waals surface area contributed by atoms with Crippen molar-refractivity contribution in [3.05, 3.63) is 58.6 Å². The predicted octanol–water partition coefficient (Wildman–Crippen LogP) is 3.01. The maximum absolute atomic E-state index is 8.79. The fourth-order valence-corrected chi connectivity index (χ4v) is 2.34. The molecule has 0 radical (unpaired) electrons. The van der Waals surface area contributed by atoms with Crippen molar-refractivity contribution in [1.29, 1.82) is 0 Å². The summed E-state index contributed by atoms with van der Waals surface area (Å²) in [5.74, 6) is 1.14. The van der Waals surface area contributed by atoms with Crippen LogP contribution in [0.4, 0.5) is 0 Å². The first-order chi connectivity index (χ1) is 10.7. The maximum atomic E-state index is 8.79. The molecule has 2 rings (SSSR count). The average Bonchev–Trinajstić information content (AvgIpc) is 2.54. The van der Waals surface area contributed by atoms with E-state index in [1.807, 2.05) is 42.5 Å². The summed E-state index contributed by atoms with van der Waals surface area (Å²) in [5, 5.41) is 12.4. The van der Waals surface area contributed by atoms with Crippen LogP contribution in [-0.4, -0.2) is 25.4 Å². The van der Waals surface area contributed by atoms with Gasteiger partial charge >= 0.3 is 0 Å². The number of halogens is 1. The first kappa shape index (κ1) is 16.6. The first-order valence-electron chi connectivity index (χ1n) is 7.09. The second-order valence-electron chi connectivity index (χ2n) is 4.78. The highest BCUT2D eigenvalue weighted by Crippen LogP contribution is 2.36. The molecule has 0 fully saturated rings. The Morgan fingerprint density at radius 3 is 2.59 bits per heavy atom. The molecule has 0 saturated carbocycles. The van der Waals surface area contributed by atoms with Crippen molar-refractivity contribution in [2.75, 3.05) is 20.3 Å². The number of hydrogen-bond donors (Lipinski definition) is 2. The summed E-state index contributed by atoms with van der Waals surface area (Å²) in [4.78, 5) is 0. The number of nitrogens with one attached hydrogen (secondary N) is 1. The zero-order chi connectivity index (χ0) is 15.8. The Kier molecular flexibility index (Phi) is 6.52. The normalized spacial score (nSPS) is 10.5. The van der Waals surface area contributed by atoms with Crippen molar-refractivity contribution < 1.29 is 14.6 Å². The number of ether oxygens (including phenoxy) is 2. The molecule has 0 aliphatic rings. The molecule has 22 heavy (non-hydrogen) atoms. The number of benzene rings is 2. The summed E-state index contributed by atoms with van der Waals surface area (Å²) < 4.78 is 11.2. The molecule has 4 nitrogen and oxygen atoms in total. The fraction of sp³-hybridized carbons (Fsp3) is 0.294. The molecule has 0 atom stereocenters. The van der Waals surface area contributed by atoms with Gasteiger partial charge in [0.25, 0.3) is 0 Å². The zero-order valence-electron chi connectivity index (χ0n) is 12.5. The number of hydrogen-bond acceptors (Lipinski definition) is 4. The van der Waals surface area contributed by atoms with Crippen LogP contribution in [0.5, 0.6) is 11.5 Å². The first-order valence-corrected chi connectivity index (χ1v) is 7.47. The van der Waals surface area contributed by atoms with Gasteiger partial charge in [0, 0.05) is 13.1 Å². The largest absolute Gasteiger partial charge is 0.493 e. The minimum Gasteiger partial charge on any atom is -0.493 e. The van der Waals surface area contributed by atoms with Crippen LogP contribution in [0.25, 0.3) is 0 Å². The number of methoxy groups -OCH3 is 1. The second kappa shape index (κ2) is 8.63. The fourth-order valence-electron chi connectivity index (χ4n) is 2.06. The minimum absolute atomic E-state index is 0.100. The highest BCUT2D eigenvalue weighted by molar-refractivity contribution is 6.32. The lowest BCUT2D eigenvalue weighted by Gasteiger charge is -2.14. The van der Waals surface area contributed by atoms with Gasteiger partial charge in [0.05, 0.1) is 18.7 Å². The van der Waals surface area contributed by atoms with Crippen LogP contribution in [0.1, 0.15) is 11.1 Å². The Morgan fingerprint density at radius 1 is 1.14 bits per heavy atom. The van der Waals surface area contributed by atoms with Crippen molar-refractivity contribution in [3.8, 4) is 11.5 Å². The molecule has 0 saturated heterocycles. The third-order valence-electron chi connectivity index (χ3n) is 3.13. The minimum atomic E-state index is 0.100. The number of aliphatic hydroxyl groups excluding tert-OH is 1. The topological polar surface area (TPSA) is 50.7 Å². The van der Waals surface area contributed by atoms with Crippen LogP contribution in [0.15, 0.2) is 42.5 Å². The van der Waals surface area contributed by atoms with Crippen LogP contribution < -0.4 is 14.8 Å². The van der Waals surface area contributed by atoms with Gasteiger partial charge in [-0.05, 0) is 23.3 Å². The van der Waals surface area contributed by atoms with E-state index in [0.29, 0.717) is 36.2 Å². The smallest absolute Gasteiger partial charge is 0.180 e. The predicted molar refractivity (Wildman–Crippen MR) is 87.6 cm³/mol. The molecule has 0 heterocycles. The van der Waals surface area contributed by atoms with Crippen LogP contribution in [-0.2, 0) is 13.2 Å². The number of rotatable bonds is 8. The van der Waals surface area contributed by atoms with Crippen LogP contribution >= 0.6 is 11.6 Å². The van der Waals surface area contributed by atoms with Gasteiger partial charge in [0.15, 0.2) is 11.5 Å². The summed E-state index contributed by atoms with van der Waals surface area (Å²) in [5.41, 5.74) is 2.04. The second-order valence-corrected chi connectivity index (χ2v) is 5.19. The van der Waals surface area contributed by atoms with E-state index in [4.69, 9.17) is 26.2 Å². The molecule has 118 valence electrons. The summed E-state index contributed by atoms with van der Waals surface area (Å²) in [6.45, 7) is 1.67. The molecular weight excluding hydrogens is 302 g/mol. The van der Waals surface area contributed by atoms with Gasteiger partial charge in [-0.15, -0.1) is 0 Å². The van der Waals surface area contributed by atoms with E-state index in [1.54, 1.807) is 7.11 Å². The quantitative estimate of drug-likeness (QED) is 0.734. The Labute approximate surface area is 135 Å². The standard InChI is InChI=1S/C17H20ClNO3/c1-21-16-10-14(11-19-7-8-20)9-15(18)17(16)22-12-13-5-3-2-4-6-13/h2-6,9-10,19-20H,7-8,11-12H2,1H3. The molecule has 0 bridgehead atoms. The molecule has 0 amide bonds. The Balaban J connectivity index is 2.09. The summed E-state index contributed by atoms with van der Waals surface area (Å²) in [7, 11) is 1.59. The Bertz CT molecular complexity index is 590. The van der Waals surface area contributed by atoms with E-state index in [9.17, 15) is 0 Å². The molecule has 0 spiro atoms. The third kappa shape index (κ3) is 4.63. The van der Waals surface area contributed by atoms with E-state index in [-0.39, 0.29) is 6.61 Å². The van der Waals surface area contributed by atoms with E-state index in [0.717, 1.165) is 11.1 Å². The lowest BCUT2D eigenvalue weighted by molar-refractivity contribution is 0.284. The van der Waals surface area contributed by atoms with Crippen LogP contribution in [0, 0.1) is 0 Å². The van der Waals surface area contributed by atoms with Gasteiger partial charge in [0.2, 0.25) is 0 Å². The maximum Gasteiger partial charge on any atom is 0.180 e. The molecule has 0 aromatic heterocycles. The van der Waals surface area contributed by atoms with Gasteiger partial charge in [-0.2, -0.15) is 0 Å². The Hall–Kier alpha value is -1.75. The van der Waals surface area contributed by atoms with Gasteiger partial charge in [-0.25, -0.2) is 0 Å². The molecule has 5 heteroatoms. The molecule has 2 N–H and O–H groups in total. The molecule has 2 aromatic rings. The molecule has 0 aliphatic heterocycles. The summed E-state index contributed by atoms with van der Waals surface area (Å²) in [6, 6.07) is 13.6. The number of aliphatic hydroxyl groups is 1. The van der Waals surface area contributed by atoms with E-state index in [1.165, 1.54) is 0 Å². The Morgan fingerprint density at radius 2 is 1.91 bits per heavy atom. The summed E-state index contributed by atoms with van der Waals surface area (Å²) in [6.07, 6.45) is 0. The summed E-state index contributed by atoms with van der Waals surface area (Å²) >= 11 is 6.31. The molecule has 0 unspecified atom stereocenters. The third-order valence-corrected chi connectivity index (χ3v) is 3.41. The highest BCUT2D eigenvalue weighted by Gasteiger charge is 2.12. The zero-order valence-corrected chi connectivity index (χ0v) is 13.3. The van der Waals surface area contributed by atoms with E-state index in [2.05, 4.69) is 5.32 Å². The van der Waals surface area contributed by atoms with E-state index >= 15 is 0 Å². The van der Waals surface area contributed by atoms with Crippen molar-refractivity contribution in [2.45, 2.75) is 13.2 Å². The lowest BCUT2D eigenvalue weighted by Crippen LogP contribution is -2.17. The van der Waals surface area contributed by atoms with Crippen molar-refractivity contribution in [3.63, 3.8) is 0 Å². The average molecular weight is 322 g/mol. The van der Waals surface area contributed by atoms with Gasteiger partial charge in [-0.1, -0.05) is 41.9 Å². The van der Waals surface area contributed by atoms with Gasteiger partial charge < -0.3 is 19.9 Å². The van der Waals surface area contributed by atoms with Crippen LogP contribution in [0.3, 0.4) is 0 Å². The van der Waals surface area contributed by atoms with E-state index < -0.39 is 0 Å². The lowest BCUT2D eigenvalue weighted by atomic mass is 10.2. The van der Waals surface area contributed by atoms with Crippen LogP contribution in [0.2, 0.25) is 5.02 Å². The SMILES string of the molecule is COc1cc(CNCCO)cc(Cl)c1OCc1ccccc1. The highest BCUT2D eigenvalue weighted by atomic mass is 35.5. The van der Waals surface area contributed by atoms with Gasteiger partial charge in [-0.3, -0.25) is 0 Å². The molecular formula is C17H20ClNO3. The molecule has 2 aromatic carbocycles. The van der Waals surface area contributed by atoms with Crippen molar-refractivity contribution in [2.24, 2.45) is 0 Å². The van der Waals surface area contributed by atoms with Gasteiger partial charge in [0.1, 0.15) is 6.61 Å². The monoisotopic (exact) mass is 321 g/mol. The van der Waals surface area contributed by atoms with Crippen molar-refractivity contribution >= 4 is 11.6 Å². The van der Waals surface area contributed by atoms with Crippen molar-refractivity contribution in [1.82, 2.24) is 5.32 Å².